The van der Waals surface area contributed by atoms with Gasteiger partial charge in [-0.2, -0.15) is 0 Å². The first-order valence-corrected chi connectivity index (χ1v) is 12.8. The maximum absolute atomic E-state index is 13.0. The molecule has 34 heavy (non-hydrogen) atoms. The molecule has 2 rings (SSSR count). The molecule has 0 heterocycles. The summed E-state index contributed by atoms with van der Waals surface area (Å²) in [6.07, 6.45) is 6.17. The van der Waals surface area contributed by atoms with Gasteiger partial charge in [-0.15, -0.1) is 0 Å². The quantitative estimate of drug-likeness (QED) is 0.380. The Kier molecular flexibility index (Phi) is 7.76. The normalized spacial score (nSPS) is 22.3. The van der Waals surface area contributed by atoms with Crippen LogP contribution in [0, 0.1) is 22.2 Å². The van der Waals surface area contributed by atoms with E-state index < -0.39 is 17.5 Å². The molecule has 0 aliphatic heterocycles. The lowest BCUT2D eigenvalue weighted by Crippen LogP contribution is -2.46. The van der Waals surface area contributed by atoms with Crippen molar-refractivity contribution in [2.75, 3.05) is 0 Å². The van der Waals surface area contributed by atoms with Crippen molar-refractivity contribution in [2.45, 2.75) is 106 Å². The van der Waals surface area contributed by atoms with E-state index in [2.05, 4.69) is 94.4 Å². The van der Waals surface area contributed by atoms with Gasteiger partial charge in [0.25, 0.3) is 0 Å². The summed E-state index contributed by atoms with van der Waals surface area (Å²) in [5.41, 5.74) is 1.39. The molecule has 0 bridgehead atoms. The zero-order valence-corrected chi connectivity index (χ0v) is 23.5. The van der Waals surface area contributed by atoms with Crippen molar-refractivity contribution < 1.29 is 15.0 Å². The Morgan fingerprint density at radius 3 is 1.65 bits per heavy atom. The van der Waals surface area contributed by atoms with Crippen molar-refractivity contribution in [1.29, 1.82) is 0 Å². The second-order valence-electron chi connectivity index (χ2n) is 13.4. The lowest BCUT2D eigenvalue weighted by Gasteiger charge is -2.50. The van der Waals surface area contributed by atoms with E-state index in [0.29, 0.717) is 0 Å². The van der Waals surface area contributed by atoms with Crippen LogP contribution < -0.4 is 0 Å². The van der Waals surface area contributed by atoms with Gasteiger partial charge in [-0.1, -0.05) is 113 Å². The molecule has 2 N–H and O–H groups in total. The third-order valence-corrected chi connectivity index (χ3v) is 8.00. The standard InChI is InChI=1S/C31H48O3/c1-12-28(6,7)24-18-21(26(32)33)19-25(29(8,9)13-2)31(24,34)23-17-15-14-16-22(23)30(10,11)20-27(3,4)5/h14-19,21,34H,12-13,20H2,1-11H3,(H,32,33). The van der Waals surface area contributed by atoms with E-state index in [0.717, 1.165) is 41.5 Å². The highest BCUT2D eigenvalue weighted by Gasteiger charge is 2.52. The molecule has 1 aliphatic rings. The molecule has 3 heteroatoms. The first kappa shape index (κ1) is 28.4. The third kappa shape index (κ3) is 5.35. The second-order valence-corrected chi connectivity index (χ2v) is 13.4. The summed E-state index contributed by atoms with van der Waals surface area (Å²) < 4.78 is 0. The molecule has 0 saturated heterocycles. The summed E-state index contributed by atoms with van der Waals surface area (Å²) in [6, 6.07) is 8.26. The molecule has 0 spiro atoms. The van der Waals surface area contributed by atoms with Crippen molar-refractivity contribution in [1.82, 2.24) is 0 Å². The Morgan fingerprint density at radius 2 is 1.26 bits per heavy atom. The van der Waals surface area contributed by atoms with Gasteiger partial charge in [0.05, 0.1) is 5.92 Å². The monoisotopic (exact) mass is 468 g/mol. The molecule has 1 aromatic rings. The minimum atomic E-state index is -1.38. The van der Waals surface area contributed by atoms with Crippen molar-refractivity contribution >= 4 is 5.97 Å². The maximum Gasteiger partial charge on any atom is 0.314 e. The Bertz CT molecular complexity index is 933. The smallest absolute Gasteiger partial charge is 0.314 e. The number of carboxylic acid groups (broad SMARTS) is 1. The number of hydrogen-bond acceptors (Lipinski definition) is 2. The van der Waals surface area contributed by atoms with Crippen LogP contribution in [0.3, 0.4) is 0 Å². The van der Waals surface area contributed by atoms with Crippen LogP contribution in [0.4, 0.5) is 0 Å². The van der Waals surface area contributed by atoms with Gasteiger partial charge in [0.15, 0.2) is 0 Å². The number of carboxylic acids is 1. The Morgan fingerprint density at radius 1 is 0.824 bits per heavy atom. The fraction of sp³-hybridized carbons (Fsp3) is 0.645. The Labute approximate surface area is 208 Å². The van der Waals surface area contributed by atoms with Crippen molar-refractivity contribution in [2.24, 2.45) is 22.2 Å². The molecule has 0 radical (unpaired) electrons. The van der Waals surface area contributed by atoms with Gasteiger partial charge in [-0.05, 0) is 63.2 Å². The predicted molar refractivity (Wildman–Crippen MR) is 143 cm³/mol. The van der Waals surface area contributed by atoms with Crippen LogP contribution in [0.1, 0.15) is 107 Å². The van der Waals surface area contributed by atoms with E-state index in [1.165, 1.54) is 0 Å². The minimum absolute atomic E-state index is 0.114. The molecule has 190 valence electrons. The highest BCUT2D eigenvalue weighted by atomic mass is 16.4. The molecule has 0 unspecified atom stereocenters. The summed E-state index contributed by atoms with van der Waals surface area (Å²) in [7, 11) is 0. The van der Waals surface area contributed by atoms with Crippen LogP contribution in [0.25, 0.3) is 0 Å². The van der Waals surface area contributed by atoms with Gasteiger partial charge in [0.2, 0.25) is 0 Å². The third-order valence-electron chi connectivity index (χ3n) is 8.00. The average molecular weight is 469 g/mol. The predicted octanol–water partition coefficient (Wildman–Crippen LogP) is 8.03. The maximum atomic E-state index is 13.0. The number of aliphatic carboxylic acids is 1. The fourth-order valence-electron chi connectivity index (χ4n) is 5.85. The van der Waals surface area contributed by atoms with Crippen LogP contribution in [-0.2, 0) is 15.8 Å². The van der Waals surface area contributed by atoms with Crippen LogP contribution in [0.15, 0.2) is 47.6 Å². The van der Waals surface area contributed by atoms with Crippen molar-refractivity contribution in [3.63, 3.8) is 0 Å². The molecule has 3 nitrogen and oxygen atoms in total. The molecule has 0 aromatic heterocycles. The fourth-order valence-corrected chi connectivity index (χ4v) is 5.85. The van der Waals surface area contributed by atoms with Gasteiger partial charge < -0.3 is 10.2 Å². The summed E-state index contributed by atoms with van der Waals surface area (Å²) in [5.74, 6) is -1.63. The summed E-state index contributed by atoms with van der Waals surface area (Å²) in [5, 5.41) is 23.0. The second kappa shape index (κ2) is 9.30. The van der Waals surface area contributed by atoms with E-state index in [9.17, 15) is 15.0 Å². The number of benzene rings is 1. The zero-order chi connectivity index (χ0) is 26.3. The van der Waals surface area contributed by atoms with Crippen LogP contribution in [0.2, 0.25) is 0 Å². The van der Waals surface area contributed by atoms with Gasteiger partial charge in [0, 0.05) is 0 Å². The average Bonchev–Trinajstić information content (AvgIpc) is 2.71. The van der Waals surface area contributed by atoms with Crippen LogP contribution in [0.5, 0.6) is 0 Å². The molecular formula is C31H48O3. The number of aliphatic hydroxyl groups is 1. The Balaban J connectivity index is 2.99. The topological polar surface area (TPSA) is 57.5 Å². The number of hydrogen-bond donors (Lipinski definition) is 2. The summed E-state index contributed by atoms with van der Waals surface area (Å²) in [6.45, 7) is 24.0. The number of carbonyl (C=O) groups is 1. The molecule has 0 saturated carbocycles. The van der Waals surface area contributed by atoms with Gasteiger partial charge in [-0.25, -0.2) is 0 Å². The lowest BCUT2D eigenvalue weighted by molar-refractivity contribution is -0.138. The van der Waals surface area contributed by atoms with E-state index in [1.54, 1.807) is 0 Å². The van der Waals surface area contributed by atoms with E-state index in [-0.39, 0.29) is 21.7 Å². The molecular weight excluding hydrogens is 420 g/mol. The van der Waals surface area contributed by atoms with Crippen molar-refractivity contribution in [3.05, 3.63) is 58.7 Å². The highest BCUT2D eigenvalue weighted by Crippen LogP contribution is 2.57. The highest BCUT2D eigenvalue weighted by molar-refractivity contribution is 5.76. The first-order chi connectivity index (χ1) is 15.3. The van der Waals surface area contributed by atoms with Crippen LogP contribution in [-0.4, -0.2) is 16.2 Å². The van der Waals surface area contributed by atoms with Gasteiger partial charge >= 0.3 is 5.97 Å². The van der Waals surface area contributed by atoms with Gasteiger partial charge in [0.1, 0.15) is 5.60 Å². The molecule has 0 amide bonds. The SMILES string of the molecule is CCC(C)(C)C1=CC(C(=O)O)C=C(C(C)(C)CC)C1(O)c1ccccc1C(C)(C)CC(C)(C)C. The first-order valence-electron chi connectivity index (χ1n) is 12.8. The molecule has 1 aliphatic carbocycles. The Hall–Kier alpha value is -1.87. The van der Waals surface area contributed by atoms with E-state index in [4.69, 9.17) is 0 Å². The largest absolute Gasteiger partial charge is 0.481 e. The molecule has 1 aromatic carbocycles. The molecule has 0 atom stereocenters. The summed E-state index contributed by atoms with van der Waals surface area (Å²) >= 11 is 0. The summed E-state index contributed by atoms with van der Waals surface area (Å²) in [4.78, 5) is 12.2. The van der Waals surface area contributed by atoms with Crippen LogP contribution >= 0.6 is 0 Å². The van der Waals surface area contributed by atoms with Gasteiger partial charge in [-0.3, -0.25) is 4.79 Å². The zero-order valence-electron chi connectivity index (χ0n) is 23.5. The van der Waals surface area contributed by atoms with E-state index in [1.807, 2.05) is 18.2 Å². The van der Waals surface area contributed by atoms with E-state index >= 15 is 0 Å². The van der Waals surface area contributed by atoms with Crippen molar-refractivity contribution in [3.8, 4) is 0 Å². The molecule has 0 fully saturated rings. The number of rotatable bonds is 8. The minimum Gasteiger partial charge on any atom is -0.481 e. The lowest BCUT2D eigenvalue weighted by atomic mass is 9.57.